The fourth-order valence-electron chi connectivity index (χ4n) is 2.50. The average Bonchev–Trinajstić information content (AvgIpc) is 3.12. The molecular weight excluding hydrogens is 330 g/mol. The van der Waals surface area contributed by atoms with E-state index in [1.54, 1.807) is 10.9 Å². The van der Waals surface area contributed by atoms with Crippen molar-refractivity contribution in [2.75, 3.05) is 13.7 Å². The van der Waals surface area contributed by atoms with E-state index in [2.05, 4.69) is 15.2 Å². The quantitative estimate of drug-likeness (QED) is 0.719. The minimum atomic E-state index is -0.509. The van der Waals surface area contributed by atoms with E-state index in [0.717, 1.165) is 16.8 Å². The van der Waals surface area contributed by atoms with E-state index in [0.29, 0.717) is 11.3 Å². The van der Waals surface area contributed by atoms with Crippen molar-refractivity contribution in [3.05, 3.63) is 71.9 Å². The predicted octanol–water partition coefficient (Wildman–Crippen LogP) is 2.75. The molecule has 3 aromatic rings. The molecule has 0 aliphatic rings. The van der Waals surface area contributed by atoms with Gasteiger partial charge in [-0.1, -0.05) is 48.0 Å². The number of para-hydroxylation sites is 1. The van der Waals surface area contributed by atoms with Crippen LogP contribution in [0.1, 0.15) is 15.9 Å². The van der Waals surface area contributed by atoms with Gasteiger partial charge in [0.1, 0.15) is 12.2 Å². The second-order valence-corrected chi connectivity index (χ2v) is 5.80. The fraction of sp³-hybridized carbons (Fsp3) is 0.150. The van der Waals surface area contributed by atoms with E-state index in [1.165, 1.54) is 7.11 Å². The average molecular weight is 349 g/mol. The summed E-state index contributed by atoms with van der Waals surface area (Å²) in [4.78, 5) is 23.9. The van der Waals surface area contributed by atoms with E-state index in [1.807, 2.05) is 61.5 Å². The van der Waals surface area contributed by atoms with E-state index >= 15 is 0 Å². The molecule has 3 rings (SSSR count). The Hall–Kier alpha value is -3.41. The van der Waals surface area contributed by atoms with Crippen molar-refractivity contribution in [2.24, 2.45) is 0 Å². The van der Waals surface area contributed by atoms with Gasteiger partial charge in [0.15, 0.2) is 0 Å². The Morgan fingerprint density at radius 1 is 1.08 bits per heavy atom. The van der Waals surface area contributed by atoms with Crippen LogP contribution in [0.3, 0.4) is 0 Å². The zero-order chi connectivity index (χ0) is 18.5. The minimum Gasteiger partial charge on any atom is -0.468 e. The Bertz CT molecular complexity index is 915. The van der Waals surface area contributed by atoms with Crippen LogP contribution in [0.4, 0.5) is 0 Å². The smallest absolute Gasteiger partial charge is 0.325 e. The van der Waals surface area contributed by atoms with Crippen LogP contribution < -0.4 is 5.32 Å². The molecule has 0 unspecified atom stereocenters. The highest BCUT2D eigenvalue weighted by molar-refractivity contribution is 6.01. The summed E-state index contributed by atoms with van der Waals surface area (Å²) in [5, 5.41) is 7.16. The maximum Gasteiger partial charge on any atom is 0.325 e. The number of methoxy groups -OCH3 is 1. The van der Waals surface area contributed by atoms with E-state index in [4.69, 9.17) is 0 Å². The number of benzene rings is 2. The van der Waals surface area contributed by atoms with Gasteiger partial charge in [-0.3, -0.25) is 9.59 Å². The van der Waals surface area contributed by atoms with Crippen LogP contribution in [0.25, 0.3) is 16.9 Å². The molecule has 0 atom stereocenters. The number of aryl methyl sites for hydroxylation is 1. The summed E-state index contributed by atoms with van der Waals surface area (Å²) in [5.74, 6) is -0.890. The molecule has 2 aromatic carbocycles. The molecule has 1 heterocycles. The van der Waals surface area contributed by atoms with Gasteiger partial charge in [-0.05, 0) is 19.1 Å². The predicted molar refractivity (Wildman–Crippen MR) is 98.1 cm³/mol. The number of nitrogens with zero attached hydrogens (tertiary/aromatic N) is 2. The van der Waals surface area contributed by atoms with Gasteiger partial charge in [-0.15, -0.1) is 0 Å². The summed E-state index contributed by atoms with van der Waals surface area (Å²) < 4.78 is 6.22. The summed E-state index contributed by atoms with van der Waals surface area (Å²) in [6.45, 7) is 1.80. The van der Waals surface area contributed by atoms with Gasteiger partial charge in [0, 0.05) is 11.8 Å². The third kappa shape index (κ3) is 3.80. The number of ether oxygens (including phenoxy) is 1. The monoisotopic (exact) mass is 349 g/mol. The first-order valence-corrected chi connectivity index (χ1v) is 8.15. The van der Waals surface area contributed by atoms with Gasteiger partial charge in [-0.2, -0.15) is 5.10 Å². The van der Waals surface area contributed by atoms with Crippen LogP contribution in [0.2, 0.25) is 0 Å². The van der Waals surface area contributed by atoms with Crippen molar-refractivity contribution < 1.29 is 14.3 Å². The molecule has 0 radical (unpaired) electrons. The molecule has 1 aromatic heterocycles. The lowest BCUT2D eigenvalue weighted by Gasteiger charge is -2.04. The molecular formula is C20H19N3O3. The highest BCUT2D eigenvalue weighted by atomic mass is 16.5. The molecule has 0 fully saturated rings. The Morgan fingerprint density at radius 3 is 2.42 bits per heavy atom. The molecule has 6 heteroatoms. The topological polar surface area (TPSA) is 73.2 Å². The number of nitrogens with one attached hydrogen (secondary N) is 1. The van der Waals surface area contributed by atoms with Crippen LogP contribution in [0, 0.1) is 6.92 Å². The highest BCUT2D eigenvalue weighted by Gasteiger charge is 2.19. The number of esters is 1. The summed E-state index contributed by atoms with van der Waals surface area (Å²) in [7, 11) is 1.28. The van der Waals surface area contributed by atoms with Gasteiger partial charge in [0.25, 0.3) is 5.91 Å². The summed E-state index contributed by atoms with van der Waals surface area (Å²) in [6, 6.07) is 17.3. The maximum absolute atomic E-state index is 12.6. The number of hydrogen-bond donors (Lipinski definition) is 1. The van der Waals surface area contributed by atoms with Gasteiger partial charge < -0.3 is 10.1 Å². The lowest BCUT2D eigenvalue weighted by molar-refractivity contribution is -0.139. The van der Waals surface area contributed by atoms with Gasteiger partial charge in [-0.25, -0.2) is 4.68 Å². The second kappa shape index (κ2) is 7.65. The van der Waals surface area contributed by atoms with Crippen LogP contribution in [0.5, 0.6) is 0 Å². The van der Waals surface area contributed by atoms with Crippen LogP contribution in [-0.4, -0.2) is 35.3 Å². The molecule has 1 N–H and O–H groups in total. The minimum absolute atomic E-state index is 0.195. The highest BCUT2D eigenvalue weighted by Crippen LogP contribution is 2.24. The third-order valence-corrected chi connectivity index (χ3v) is 3.93. The van der Waals surface area contributed by atoms with E-state index in [9.17, 15) is 9.59 Å². The fourth-order valence-corrected chi connectivity index (χ4v) is 2.50. The Kier molecular flexibility index (Phi) is 5.12. The molecule has 0 aliphatic carbocycles. The van der Waals surface area contributed by atoms with Crippen molar-refractivity contribution in [3.8, 4) is 16.9 Å². The van der Waals surface area contributed by atoms with Gasteiger partial charge >= 0.3 is 5.97 Å². The zero-order valence-electron chi connectivity index (χ0n) is 14.6. The van der Waals surface area contributed by atoms with Crippen molar-refractivity contribution in [3.63, 3.8) is 0 Å². The second-order valence-electron chi connectivity index (χ2n) is 5.80. The normalized spacial score (nSPS) is 10.4. The lowest BCUT2D eigenvalue weighted by atomic mass is 10.1. The number of amides is 1. The van der Waals surface area contributed by atoms with Crippen molar-refractivity contribution in [1.29, 1.82) is 0 Å². The lowest BCUT2D eigenvalue weighted by Crippen LogP contribution is -2.30. The number of carbonyl (C=O) groups is 2. The first-order valence-electron chi connectivity index (χ1n) is 8.15. The molecule has 0 bridgehead atoms. The summed E-state index contributed by atoms with van der Waals surface area (Å²) >= 11 is 0. The third-order valence-electron chi connectivity index (χ3n) is 3.93. The molecule has 26 heavy (non-hydrogen) atoms. The number of rotatable bonds is 5. The number of aromatic nitrogens is 2. The van der Waals surface area contributed by atoms with E-state index < -0.39 is 5.97 Å². The molecule has 6 nitrogen and oxygen atoms in total. The molecule has 1 amide bonds. The van der Waals surface area contributed by atoms with Crippen LogP contribution >= 0.6 is 0 Å². The molecule has 0 spiro atoms. The number of carbonyl (C=O) groups excluding carboxylic acids is 2. The van der Waals surface area contributed by atoms with E-state index in [-0.39, 0.29) is 12.5 Å². The molecule has 0 aliphatic heterocycles. The zero-order valence-corrected chi connectivity index (χ0v) is 14.6. The summed E-state index contributed by atoms with van der Waals surface area (Å²) in [5.41, 5.74) is 3.73. The Balaban J connectivity index is 2.00. The van der Waals surface area contributed by atoms with Crippen molar-refractivity contribution >= 4 is 11.9 Å². The Morgan fingerprint density at radius 2 is 1.77 bits per heavy atom. The maximum atomic E-state index is 12.6. The number of hydrogen-bond acceptors (Lipinski definition) is 4. The SMILES string of the molecule is COC(=O)CNC(=O)c1cn(-c2ccccc2)nc1-c1ccc(C)cc1. The first-order chi connectivity index (χ1) is 12.6. The largest absolute Gasteiger partial charge is 0.468 e. The van der Waals surface area contributed by atoms with Crippen LogP contribution in [0.15, 0.2) is 60.8 Å². The Labute approximate surface area is 151 Å². The summed E-state index contributed by atoms with van der Waals surface area (Å²) in [6.07, 6.45) is 1.66. The van der Waals surface area contributed by atoms with Gasteiger partial charge in [0.2, 0.25) is 0 Å². The van der Waals surface area contributed by atoms with Crippen molar-refractivity contribution in [2.45, 2.75) is 6.92 Å². The molecule has 0 saturated heterocycles. The molecule has 132 valence electrons. The first kappa shape index (κ1) is 17.4. The van der Waals surface area contributed by atoms with Crippen LogP contribution in [-0.2, 0) is 9.53 Å². The standard InChI is InChI=1S/C20H19N3O3/c1-14-8-10-15(11-9-14)19-17(20(25)21-12-18(24)26-2)13-23(22-19)16-6-4-3-5-7-16/h3-11,13H,12H2,1-2H3,(H,21,25). The molecule has 0 saturated carbocycles. The van der Waals surface area contributed by atoms with Crippen molar-refractivity contribution in [1.82, 2.24) is 15.1 Å². The van der Waals surface area contributed by atoms with Gasteiger partial charge in [0.05, 0.1) is 18.4 Å².